The first-order chi connectivity index (χ1) is 14.2. The molecule has 2 atom stereocenters. The predicted molar refractivity (Wildman–Crippen MR) is 118 cm³/mol. The Balaban J connectivity index is 1.70. The normalized spacial score (nSPS) is 24.5. The molecule has 0 bridgehead atoms. The molecule has 6 rings (SSSR count). The van der Waals surface area contributed by atoms with Crippen LogP contribution in [0, 0.1) is 19.8 Å². The third-order valence-electron chi connectivity index (χ3n) is 6.39. The van der Waals surface area contributed by atoms with Crippen molar-refractivity contribution in [1.82, 2.24) is 0 Å². The summed E-state index contributed by atoms with van der Waals surface area (Å²) >= 11 is 0. The molecule has 3 aliphatic rings. The Hall–Kier alpha value is -2.70. The van der Waals surface area contributed by atoms with Crippen molar-refractivity contribution in [3.63, 3.8) is 0 Å². The Morgan fingerprint density at radius 1 is 0.733 bits per heavy atom. The fraction of sp³-hybridized carbons (Fsp3) is 0.167. The van der Waals surface area contributed by atoms with Gasteiger partial charge in [0.15, 0.2) is 9.84 Å². The largest absolute Gasteiger partial charge is 0.223 e. The first-order valence-corrected chi connectivity index (χ1v) is 12.8. The quantitative estimate of drug-likeness (QED) is 0.546. The van der Waals surface area contributed by atoms with Gasteiger partial charge in [0.2, 0.25) is 9.84 Å². The van der Waals surface area contributed by atoms with Crippen LogP contribution in [0.1, 0.15) is 16.7 Å². The number of aryl methyl sites for hydroxylation is 2. The average Bonchev–Trinajstić information content (AvgIpc) is 3.06. The van der Waals surface area contributed by atoms with Crippen LogP contribution in [-0.4, -0.2) is 22.1 Å². The van der Waals surface area contributed by atoms with E-state index < -0.39 is 30.8 Å². The van der Waals surface area contributed by atoms with Crippen LogP contribution in [0.15, 0.2) is 58.3 Å². The lowest BCUT2D eigenvalue weighted by Gasteiger charge is -2.20. The molecule has 1 aliphatic carbocycles. The van der Waals surface area contributed by atoms with Crippen molar-refractivity contribution in [2.24, 2.45) is 5.92 Å². The summed E-state index contributed by atoms with van der Waals surface area (Å²) in [7, 11) is -7.72. The maximum absolute atomic E-state index is 13.6. The lowest BCUT2D eigenvalue weighted by molar-refractivity contribution is 0.594. The molecule has 2 unspecified atom stereocenters. The van der Waals surface area contributed by atoms with Gasteiger partial charge in [0.1, 0.15) is 0 Å². The average molecular weight is 435 g/mol. The summed E-state index contributed by atoms with van der Waals surface area (Å²) in [5, 5.41) is 2.46. The van der Waals surface area contributed by atoms with Crippen molar-refractivity contribution in [3.05, 3.63) is 80.6 Å². The van der Waals surface area contributed by atoms with Gasteiger partial charge in [0.05, 0.1) is 20.0 Å². The van der Waals surface area contributed by atoms with Crippen LogP contribution in [0.25, 0.3) is 27.8 Å². The van der Waals surface area contributed by atoms with Crippen LogP contribution in [0.5, 0.6) is 0 Å². The van der Waals surface area contributed by atoms with E-state index in [1.807, 2.05) is 56.3 Å². The predicted octanol–water partition coefficient (Wildman–Crippen LogP) is 2.60. The van der Waals surface area contributed by atoms with Gasteiger partial charge in [-0.3, -0.25) is 0 Å². The molecule has 6 heteroatoms. The van der Waals surface area contributed by atoms with Gasteiger partial charge < -0.3 is 0 Å². The van der Waals surface area contributed by atoms with Crippen molar-refractivity contribution in [3.8, 4) is 0 Å². The molecule has 0 radical (unpaired) electrons. The molecule has 0 spiro atoms. The van der Waals surface area contributed by atoms with Crippen LogP contribution in [-0.2, 0) is 19.7 Å². The van der Waals surface area contributed by atoms with E-state index >= 15 is 0 Å². The molecule has 2 aliphatic heterocycles. The van der Waals surface area contributed by atoms with Gasteiger partial charge in [0.25, 0.3) is 0 Å². The second-order valence-corrected chi connectivity index (χ2v) is 12.3. The van der Waals surface area contributed by atoms with Crippen LogP contribution in [0.3, 0.4) is 0 Å². The smallest absolute Gasteiger partial charge is 0.205 e. The van der Waals surface area contributed by atoms with Crippen LogP contribution in [0.2, 0.25) is 0 Å². The van der Waals surface area contributed by atoms with Crippen LogP contribution < -0.4 is 10.4 Å². The zero-order valence-corrected chi connectivity index (χ0v) is 18.0. The summed E-state index contributed by atoms with van der Waals surface area (Å²) in [6.45, 7) is 3.92. The Bertz CT molecular complexity index is 1690. The molecular formula is C24H18O4S2. The highest BCUT2D eigenvalue weighted by molar-refractivity contribution is 8.05. The topological polar surface area (TPSA) is 68.3 Å². The second kappa shape index (κ2) is 5.50. The van der Waals surface area contributed by atoms with E-state index in [-0.39, 0.29) is 14.7 Å². The zero-order chi connectivity index (χ0) is 21.0. The maximum Gasteiger partial charge on any atom is 0.205 e. The third kappa shape index (κ3) is 2.15. The van der Waals surface area contributed by atoms with E-state index in [0.717, 1.165) is 32.3 Å². The molecule has 3 aromatic rings. The van der Waals surface area contributed by atoms with Gasteiger partial charge in [-0.1, -0.05) is 59.7 Å². The molecule has 2 heterocycles. The molecule has 3 aromatic carbocycles. The SMILES string of the molecule is Cc1ccc2c(c1)=CC1C3=C(c4cc5cc(C)ccc5cc4S3(=O)=O)S(=O)(=O)C1C=2. The number of sulfone groups is 2. The van der Waals surface area contributed by atoms with Gasteiger partial charge in [-0.25, -0.2) is 16.8 Å². The summed E-state index contributed by atoms with van der Waals surface area (Å²) < 4.78 is 54.2. The summed E-state index contributed by atoms with van der Waals surface area (Å²) in [5.74, 6) is -0.693. The Morgan fingerprint density at radius 3 is 2.27 bits per heavy atom. The Labute approximate surface area is 174 Å². The van der Waals surface area contributed by atoms with Gasteiger partial charge in [-0.15, -0.1) is 0 Å². The summed E-state index contributed by atoms with van der Waals surface area (Å²) in [6.07, 6.45) is 3.54. The van der Waals surface area contributed by atoms with Crippen molar-refractivity contribution >= 4 is 47.5 Å². The van der Waals surface area contributed by atoms with E-state index in [2.05, 4.69) is 0 Å². The Kier molecular flexibility index (Phi) is 3.32. The highest BCUT2D eigenvalue weighted by Crippen LogP contribution is 2.54. The molecule has 0 saturated heterocycles. The van der Waals surface area contributed by atoms with Crippen molar-refractivity contribution in [2.45, 2.75) is 24.0 Å². The van der Waals surface area contributed by atoms with Gasteiger partial charge in [0, 0.05) is 11.5 Å². The number of hydrogen-bond acceptors (Lipinski definition) is 4. The summed E-state index contributed by atoms with van der Waals surface area (Å²) in [5.41, 5.74) is 2.40. The standard InChI is InChI=1S/C24H18O4S2/c1-13-3-5-15-11-21-19(9-17(15)7-13)23-24(29(21,25)26)20-10-18-8-14(2)4-6-16(18)12-22(20)30(23,27)28/h3-12,19,21H,1-2H3. The van der Waals surface area contributed by atoms with Gasteiger partial charge in [-0.2, -0.15) is 0 Å². The number of fused-ring (bicyclic) bond motifs is 6. The maximum atomic E-state index is 13.6. The molecule has 0 aromatic heterocycles. The zero-order valence-electron chi connectivity index (χ0n) is 16.4. The number of benzene rings is 3. The van der Waals surface area contributed by atoms with E-state index in [9.17, 15) is 16.8 Å². The van der Waals surface area contributed by atoms with E-state index in [1.165, 1.54) is 0 Å². The fourth-order valence-corrected chi connectivity index (χ4v) is 9.81. The molecule has 30 heavy (non-hydrogen) atoms. The number of rotatable bonds is 0. The number of allylic oxidation sites excluding steroid dienone is 1. The fourth-order valence-electron chi connectivity index (χ4n) is 5.00. The number of hydrogen-bond donors (Lipinski definition) is 0. The minimum absolute atomic E-state index is 0.00654. The van der Waals surface area contributed by atoms with Crippen molar-refractivity contribution in [2.75, 3.05) is 0 Å². The van der Waals surface area contributed by atoms with Crippen LogP contribution >= 0.6 is 0 Å². The van der Waals surface area contributed by atoms with Crippen molar-refractivity contribution in [1.29, 1.82) is 0 Å². The lowest BCUT2D eigenvalue weighted by Crippen LogP contribution is -2.37. The highest BCUT2D eigenvalue weighted by atomic mass is 32.2. The molecule has 0 fully saturated rings. The monoisotopic (exact) mass is 434 g/mol. The lowest BCUT2D eigenvalue weighted by atomic mass is 9.95. The molecule has 0 amide bonds. The third-order valence-corrected chi connectivity index (χ3v) is 10.6. The minimum atomic E-state index is -3.89. The summed E-state index contributed by atoms with van der Waals surface area (Å²) in [4.78, 5) is 0.139. The second-order valence-electron chi connectivity index (χ2n) is 8.40. The highest BCUT2D eigenvalue weighted by Gasteiger charge is 2.55. The van der Waals surface area contributed by atoms with E-state index in [0.29, 0.717) is 5.56 Å². The van der Waals surface area contributed by atoms with Crippen molar-refractivity contribution < 1.29 is 16.8 Å². The molecule has 0 saturated carbocycles. The molecular weight excluding hydrogens is 416 g/mol. The Morgan fingerprint density at radius 2 is 1.47 bits per heavy atom. The molecule has 4 nitrogen and oxygen atoms in total. The first-order valence-electron chi connectivity index (χ1n) is 9.76. The van der Waals surface area contributed by atoms with E-state index in [4.69, 9.17) is 0 Å². The first kappa shape index (κ1) is 18.1. The van der Waals surface area contributed by atoms with E-state index in [1.54, 1.807) is 18.2 Å². The van der Waals surface area contributed by atoms with Gasteiger partial charge >= 0.3 is 0 Å². The van der Waals surface area contributed by atoms with Gasteiger partial charge in [-0.05, 0) is 47.2 Å². The molecule has 150 valence electrons. The summed E-state index contributed by atoms with van der Waals surface area (Å²) in [6, 6.07) is 14.9. The minimum Gasteiger partial charge on any atom is -0.223 e. The molecule has 0 N–H and O–H groups in total. The van der Waals surface area contributed by atoms with Crippen LogP contribution in [0.4, 0.5) is 0 Å².